The molecule has 0 unspecified atom stereocenters. The zero-order chi connectivity index (χ0) is 16.6. The molecule has 0 aromatic carbocycles. The molecule has 0 aliphatic carbocycles. The summed E-state index contributed by atoms with van der Waals surface area (Å²) in [4.78, 5) is 22.3. The minimum atomic E-state index is -3.69. The molecule has 1 fully saturated rings. The van der Waals surface area contributed by atoms with Crippen LogP contribution in [-0.4, -0.2) is 51.9 Å². The molecule has 1 N–H and O–H groups in total. The van der Waals surface area contributed by atoms with Gasteiger partial charge in [-0.25, -0.2) is 18.4 Å². The van der Waals surface area contributed by atoms with E-state index in [1.807, 2.05) is 0 Å². The molecule has 1 saturated heterocycles. The van der Waals surface area contributed by atoms with E-state index in [9.17, 15) is 13.2 Å². The molecular formula is C13H17N5O4S. The Hall–Kier alpha value is -2.04. The monoisotopic (exact) mass is 339 g/mol. The lowest BCUT2D eigenvalue weighted by Crippen LogP contribution is -2.42. The highest BCUT2D eigenvalue weighted by Crippen LogP contribution is 2.24. The van der Waals surface area contributed by atoms with Gasteiger partial charge in [0, 0.05) is 32.4 Å². The first kappa shape index (κ1) is 15.8. The average molecular weight is 339 g/mol. The number of nitrogens with one attached hydrogen (secondary N) is 1. The highest BCUT2D eigenvalue weighted by atomic mass is 32.2. The summed E-state index contributed by atoms with van der Waals surface area (Å²) in [6.07, 6.45) is 2.31. The Morgan fingerprint density at radius 2 is 2.22 bits per heavy atom. The van der Waals surface area contributed by atoms with Gasteiger partial charge in [-0.05, 0) is 6.92 Å². The van der Waals surface area contributed by atoms with Gasteiger partial charge in [-0.1, -0.05) is 0 Å². The van der Waals surface area contributed by atoms with E-state index < -0.39 is 16.1 Å². The first-order valence-corrected chi connectivity index (χ1v) is 8.48. The molecule has 2 aromatic heterocycles. The standard InChI is InChI=1S/C13H17N5O4S/c1-9-15-10(5-12(19)16-9)11-6-18(3-4-22-11)23(20,21)13-7-17(2)8-14-13/h5,7-8,11H,3-4,6H2,1-2H3,(H,15,16,19)/t11-/m1/s1. The predicted molar refractivity (Wildman–Crippen MR) is 80.3 cm³/mol. The van der Waals surface area contributed by atoms with Crippen LogP contribution in [-0.2, 0) is 21.8 Å². The number of hydrogen-bond donors (Lipinski definition) is 1. The van der Waals surface area contributed by atoms with Crippen molar-refractivity contribution >= 4 is 10.0 Å². The van der Waals surface area contributed by atoms with Gasteiger partial charge in [-0.15, -0.1) is 0 Å². The number of imidazole rings is 1. The van der Waals surface area contributed by atoms with E-state index in [1.165, 1.54) is 22.9 Å². The number of morpholine rings is 1. The summed E-state index contributed by atoms with van der Waals surface area (Å²) in [5.74, 6) is 0.459. The third-order valence-electron chi connectivity index (χ3n) is 3.52. The minimum Gasteiger partial charge on any atom is -0.369 e. The molecule has 1 aliphatic heterocycles. The number of sulfonamides is 1. The fourth-order valence-corrected chi connectivity index (χ4v) is 3.84. The van der Waals surface area contributed by atoms with Gasteiger partial charge in [0.2, 0.25) is 0 Å². The van der Waals surface area contributed by atoms with E-state index in [2.05, 4.69) is 15.0 Å². The van der Waals surface area contributed by atoms with Crippen molar-refractivity contribution in [3.63, 3.8) is 0 Å². The molecule has 0 amide bonds. The van der Waals surface area contributed by atoms with Crippen LogP contribution in [0.4, 0.5) is 0 Å². The number of rotatable bonds is 3. The van der Waals surface area contributed by atoms with E-state index in [0.717, 1.165) is 0 Å². The van der Waals surface area contributed by atoms with E-state index >= 15 is 0 Å². The molecule has 0 bridgehead atoms. The maximum absolute atomic E-state index is 12.6. The summed E-state index contributed by atoms with van der Waals surface area (Å²) in [6, 6.07) is 1.33. The number of nitrogens with zero attached hydrogens (tertiary/aromatic N) is 4. The van der Waals surface area contributed by atoms with Crippen molar-refractivity contribution in [3.05, 3.63) is 40.5 Å². The third-order valence-corrected chi connectivity index (χ3v) is 5.28. The number of aryl methyl sites for hydroxylation is 2. The summed E-state index contributed by atoms with van der Waals surface area (Å²) in [5.41, 5.74) is 0.132. The first-order valence-electron chi connectivity index (χ1n) is 7.04. The van der Waals surface area contributed by atoms with Crippen LogP contribution in [0.1, 0.15) is 17.6 Å². The second-order valence-corrected chi connectivity index (χ2v) is 7.24. The predicted octanol–water partition coefficient (Wildman–Crippen LogP) is -0.426. The van der Waals surface area contributed by atoms with Crippen LogP contribution in [0.2, 0.25) is 0 Å². The second-order valence-electron chi connectivity index (χ2n) is 5.36. The SMILES string of the molecule is Cc1nc([C@H]2CN(S(=O)(=O)c3cn(C)cn3)CCO2)cc(=O)[nH]1. The molecule has 1 aliphatic rings. The molecule has 10 heteroatoms. The molecular weight excluding hydrogens is 322 g/mol. The van der Waals surface area contributed by atoms with E-state index in [4.69, 9.17) is 4.74 Å². The number of ether oxygens (including phenoxy) is 1. The Bertz CT molecular complexity index is 872. The fourth-order valence-electron chi connectivity index (χ4n) is 2.44. The first-order chi connectivity index (χ1) is 10.9. The largest absolute Gasteiger partial charge is 0.369 e. The quantitative estimate of drug-likeness (QED) is 0.813. The van der Waals surface area contributed by atoms with Crippen LogP contribution in [0.5, 0.6) is 0 Å². The molecule has 0 saturated carbocycles. The molecule has 0 spiro atoms. The van der Waals surface area contributed by atoms with Gasteiger partial charge >= 0.3 is 0 Å². The lowest BCUT2D eigenvalue weighted by Gasteiger charge is -2.31. The van der Waals surface area contributed by atoms with Crippen molar-refractivity contribution in [2.45, 2.75) is 18.1 Å². The van der Waals surface area contributed by atoms with Gasteiger partial charge in [0.05, 0.1) is 18.6 Å². The Morgan fingerprint density at radius 3 is 2.87 bits per heavy atom. The number of aromatic nitrogens is 4. The van der Waals surface area contributed by atoms with Crippen molar-refractivity contribution in [2.75, 3.05) is 19.7 Å². The van der Waals surface area contributed by atoms with Crippen molar-refractivity contribution in [3.8, 4) is 0 Å². The Labute approximate surface area is 133 Å². The highest BCUT2D eigenvalue weighted by Gasteiger charge is 2.33. The highest BCUT2D eigenvalue weighted by molar-refractivity contribution is 7.89. The molecule has 9 nitrogen and oxygen atoms in total. The van der Waals surface area contributed by atoms with Gasteiger partial charge in [-0.3, -0.25) is 4.79 Å². The van der Waals surface area contributed by atoms with Crippen molar-refractivity contribution < 1.29 is 13.2 Å². The van der Waals surface area contributed by atoms with Crippen LogP contribution < -0.4 is 5.56 Å². The smallest absolute Gasteiger partial charge is 0.262 e. The van der Waals surface area contributed by atoms with E-state index in [1.54, 1.807) is 18.5 Å². The van der Waals surface area contributed by atoms with Crippen LogP contribution in [0.3, 0.4) is 0 Å². The third kappa shape index (κ3) is 3.19. The Morgan fingerprint density at radius 1 is 1.43 bits per heavy atom. The Balaban J connectivity index is 1.87. The second kappa shape index (κ2) is 5.87. The average Bonchev–Trinajstić information content (AvgIpc) is 2.94. The topological polar surface area (TPSA) is 110 Å². The molecule has 124 valence electrons. The molecule has 2 aromatic rings. The van der Waals surface area contributed by atoms with E-state index in [0.29, 0.717) is 11.5 Å². The molecule has 23 heavy (non-hydrogen) atoms. The van der Waals surface area contributed by atoms with Gasteiger partial charge in [0.15, 0.2) is 5.03 Å². The van der Waals surface area contributed by atoms with Crippen LogP contribution >= 0.6 is 0 Å². The summed E-state index contributed by atoms with van der Waals surface area (Å²) in [7, 11) is -1.99. The van der Waals surface area contributed by atoms with Gasteiger partial charge in [0.25, 0.3) is 15.6 Å². The maximum Gasteiger partial charge on any atom is 0.262 e. The molecule has 1 atom stereocenters. The summed E-state index contributed by atoms with van der Waals surface area (Å²) < 4.78 is 33.7. The summed E-state index contributed by atoms with van der Waals surface area (Å²) in [5, 5.41) is -0.00398. The summed E-state index contributed by atoms with van der Waals surface area (Å²) in [6.45, 7) is 2.22. The normalized spacial score (nSPS) is 19.8. The van der Waals surface area contributed by atoms with Crippen molar-refractivity contribution in [1.82, 2.24) is 23.8 Å². The van der Waals surface area contributed by atoms with Crippen molar-refractivity contribution in [2.24, 2.45) is 7.05 Å². The number of hydrogen-bond acceptors (Lipinski definition) is 6. The van der Waals surface area contributed by atoms with E-state index in [-0.39, 0.29) is 30.3 Å². The molecule has 3 heterocycles. The number of aromatic amines is 1. The Kier molecular flexibility index (Phi) is 4.04. The lowest BCUT2D eigenvalue weighted by atomic mass is 10.2. The van der Waals surface area contributed by atoms with Crippen LogP contribution in [0.25, 0.3) is 0 Å². The zero-order valence-electron chi connectivity index (χ0n) is 12.8. The van der Waals surface area contributed by atoms with Gasteiger partial charge in [0.1, 0.15) is 11.9 Å². The number of H-pyrrole nitrogens is 1. The maximum atomic E-state index is 12.6. The lowest BCUT2D eigenvalue weighted by molar-refractivity contribution is -0.00521. The zero-order valence-corrected chi connectivity index (χ0v) is 13.6. The van der Waals surface area contributed by atoms with Crippen molar-refractivity contribution in [1.29, 1.82) is 0 Å². The molecule has 0 radical (unpaired) electrons. The summed E-state index contributed by atoms with van der Waals surface area (Å²) >= 11 is 0. The van der Waals surface area contributed by atoms with Crippen LogP contribution in [0.15, 0.2) is 28.4 Å². The fraction of sp³-hybridized carbons (Fsp3) is 0.462. The minimum absolute atomic E-state index is 0.00398. The van der Waals surface area contributed by atoms with Gasteiger partial charge in [-0.2, -0.15) is 4.31 Å². The van der Waals surface area contributed by atoms with Crippen LogP contribution in [0, 0.1) is 6.92 Å². The van der Waals surface area contributed by atoms with Gasteiger partial charge < -0.3 is 14.3 Å². The molecule has 3 rings (SSSR count).